The van der Waals surface area contributed by atoms with Crippen LogP contribution in [0.2, 0.25) is 0 Å². The van der Waals surface area contributed by atoms with E-state index in [2.05, 4.69) is 150 Å². The lowest BCUT2D eigenvalue weighted by molar-refractivity contribution is 0.666. The molecule has 2 aliphatic carbocycles. The molecule has 0 saturated carbocycles. The molecule has 0 saturated heterocycles. The maximum absolute atomic E-state index is 6.95. The van der Waals surface area contributed by atoms with Crippen LogP contribution in [0.1, 0.15) is 22.3 Å². The van der Waals surface area contributed by atoms with Crippen LogP contribution in [0.25, 0.3) is 106 Å². The van der Waals surface area contributed by atoms with Gasteiger partial charge in [0.15, 0.2) is 17.5 Å². The minimum Gasteiger partial charge on any atom is -0.456 e. The Bertz CT molecular complexity index is 3760. The maximum atomic E-state index is 6.95. The van der Waals surface area contributed by atoms with Crippen LogP contribution < -0.4 is 0 Å². The average molecular weight is 803 g/mol. The molecule has 63 heavy (non-hydrogen) atoms. The minimum absolute atomic E-state index is 0.443. The molecule has 0 fully saturated rings. The highest BCUT2D eigenvalue weighted by molar-refractivity contribution is 6.16. The third-order valence-electron chi connectivity index (χ3n) is 13.5. The van der Waals surface area contributed by atoms with Crippen molar-refractivity contribution in [2.45, 2.75) is 5.41 Å². The van der Waals surface area contributed by atoms with Gasteiger partial charge in [-0.25, -0.2) is 15.0 Å². The highest BCUT2D eigenvalue weighted by Gasteiger charge is 2.51. The summed E-state index contributed by atoms with van der Waals surface area (Å²) in [4.78, 5) is 15.1. The summed E-state index contributed by atoms with van der Waals surface area (Å²) in [6.45, 7) is 0. The van der Waals surface area contributed by atoms with Gasteiger partial charge in [-0.3, -0.25) is 0 Å². The number of para-hydroxylation sites is 1. The molecule has 0 amide bonds. The lowest BCUT2D eigenvalue weighted by Gasteiger charge is -2.30. The van der Waals surface area contributed by atoms with Crippen molar-refractivity contribution in [2.24, 2.45) is 0 Å². The summed E-state index contributed by atoms with van der Waals surface area (Å²) < 4.78 is 9.35. The van der Waals surface area contributed by atoms with Crippen molar-refractivity contribution in [3.63, 3.8) is 0 Å². The van der Waals surface area contributed by atoms with Crippen LogP contribution in [-0.2, 0) is 5.41 Å². The number of aromatic nitrogens is 4. The summed E-state index contributed by atoms with van der Waals surface area (Å²) in [5, 5.41) is 4.45. The van der Waals surface area contributed by atoms with Gasteiger partial charge in [0.1, 0.15) is 11.2 Å². The molecule has 14 rings (SSSR count). The van der Waals surface area contributed by atoms with E-state index in [1.807, 2.05) is 60.7 Å². The fraction of sp³-hybridized carbons (Fsp3) is 0.0172. The molecule has 0 N–H and O–H groups in total. The topological polar surface area (TPSA) is 56.7 Å². The van der Waals surface area contributed by atoms with Crippen molar-refractivity contribution in [3.8, 4) is 62.1 Å². The number of benzene rings is 9. The second-order valence-corrected chi connectivity index (χ2v) is 16.7. The van der Waals surface area contributed by atoms with Crippen LogP contribution in [0.5, 0.6) is 0 Å². The molecule has 12 aromatic rings. The molecule has 1 spiro atoms. The Morgan fingerprint density at radius 2 is 0.889 bits per heavy atom. The molecule has 3 aromatic heterocycles. The quantitative estimate of drug-likeness (QED) is 0.178. The smallest absolute Gasteiger partial charge is 0.164 e. The van der Waals surface area contributed by atoms with Gasteiger partial charge < -0.3 is 8.98 Å². The Labute approximate surface area is 362 Å². The number of nitrogens with zero attached hydrogens (tertiary/aromatic N) is 4. The zero-order valence-electron chi connectivity index (χ0n) is 33.8. The molecule has 0 unspecified atom stereocenters. The molecule has 2 aliphatic rings. The fourth-order valence-corrected chi connectivity index (χ4v) is 10.9. The molecular formula is C58H34N4O. The van der Waals surface area contributed by atoms with Crippen molar-refractivity contribution in [3.05, 3.63) is 229 Å². The summed E-state index contributed by atoms with van der Waals surface area (Å²) in [6, 6.07) is 73.6. The second-order valence-electron chi connectivity index (χ2n) is 16.7. The Balaban J connectivity index is 0.992. The van der Waals surface area contributed by atoms with Crippen LogP contribution in [0, 0.1) is 0 Å². The highest BCUT2D eigenvalue weighted by atomic mass is 16.3. The molecule has 0 radical (unpaired) electrons. The Morgan fingerprint density at radius 3 is 1.54 bits per heavy atom. The van der Waals surface area contributed by atoms with Gasteiger partial charge in [-0.15, -0.1) is 0 Å². The van der Waals surface area contributed by atoms with E-state index in [1.54, 1.807) is 0 Å². The van der Waals surface area contributed by atoms with Gasteiger partial charge in [-0.05, 0) is 93.0 Å². The second kappa shape index (κ2) is 12.8. The zero-order chi connectivity index (χ0) is 41.2. The standard InChI is InChI=1S/C58H34N4O/c1-3-16-35(17-4-1)55-59-56(36-18-5-2-6-19-36)61-57(60-55)37-30-31-50-43(32-37)41-23-10-14-27-49(41)62(50)51-28-15-29-52-54(51)44-33-42-40-22-9-13-26-47(40)58(48(42)34-53(44)63-52)45-24-11-7-20-38(45)39-21-8-12-25-46(39)58/h1-34H. The summed E-state index contributed by atoms with van der Waals surface area (Å²) in [6.07, 6.45) is 0. The third-order valence-corrected chi connectivity index (χ3v) is 13.5. The van der Waals surface area contributed by atoms with Crippen molar-refractivity contribution < 1.29 is 4.42 Å². The Hall–Kier alpha value is -8.41. The molecule has 0 atom stereocenters. The largest absolute Gasteiger partial charge is 0.456 e. The van der Waals surface area contributed by atoms with E-state index >= 15 is 0 Å². The Kier molecular flexibility index (Phi) is 6.97. The lowest BCUT2D eigenvalue weighted by Crippen LogP contribution is -2.25. The molecule has 5 heteroatoms. The summed E-state index contributed by atoms with van der Waals surface area (Å²) in [5.74, 6) is 1.91. The van der Waals surface area contributed by atoms with E-state index in [4.69, 9.17) is 19.4 Å². The van der Waals surface area contributed by atoms with Gasteiger partial charge in [-0.1, -0.05) is 158 Å². The van der Waals surface area contributed by atoms with E-state index in [0.717, 1.165) is 66.1 Å². The van der Waals surface area contributed by atoms with Gasteiger partial charge in [0.05, 0.1) is 27.5 Å². The summed E-state index contributed by atoms with van der Waals surface area (Å²) >= 11 is 0. The predicted octanol–water partition coefficient (Wildman–Crippen LogP) is 14.2. The number of hydrogen-bond donors (Lipinski definition) is 0. The highest BCUT2D eigenvalue weighted by Crippen LogP contribution is 2.63. The van der Waals surface area contributed by atoms with Crippen LogP contribution in [-0.4, -0.2) is 19.5 Å². The first-order chi connectivity index (χ1) is 31.2. The molecule has 292 valence electrons. The normalized spacial score (nSPS) is 13.2. The van der Waals surface area contributed by atoms with Crippen LogP contribution in [0.4, 0.5) is 0 Å². The molecule has 0 bridgehead atoms. The van der Waals surface area contributed by atoms with Gasteiger partial charge in [-0.2, -0.15) is 0 Å². The van der Waals surface area contributed by atoms with Gasteiger partial charge >= 0.3 is 0 Å². The van der Waals surface area contributed by atoms with Crippen molar-refractivity contribution in [1.29, 1.82) is 0 Å². The maximum Gasteiger partial charge on any atom is 0.164 e. The molecule has 9 aromatic carbocycles. The predicted molar refractivity (Wildman–Crippen MR) is 254 cm³/mol. The Morgan fingerprint density at radius 1 is 0.349 bits per heavy atom. The van der Waals surface area contributed by atoms with Gasteiger partial charge in [0, 0.05) is 32.8 Å². The van der Waals surface area contributed by atoms with E-state index in [1.165, 1.54) is 44.5 Å². The van der Waals surface area contributed by atoms with E-state index in [9.17, 15) is 0 Å². The van der Waals surface area contributed by atoms with Crippen LogP contribution in [0.3, 0.4) is 0 Å². The summed E-state index contributed by atoms with van der Waals surface area (Å²) in [5.41, 5.74) is 17.7. The zero-order valence-corrected chi connectivity index (χ0v) is 33.8. The van der Waals surface area contributed by atoms with E-state index in [0.29, 0.717) is 17.5 Å². The minimum atomic E-state index is -0.443. The monoisotopic (exact) mass is 802 g/mol. The van der Waals surface area contributed by atoms with E-state index in [-0.39, 0.29) is 0 Å². The van der Waals surface area contributed by atoms with Crippen LogP contribution >= 0.6 is 0 Å². The van der Waals surface area contributed by atoms with Gasteiger partial charge in [0.2, 0.25) is 0 Å². The van der Waals surface area contributed by atoms with Gasteiger partial charge in [0.25, 0.3) is 0 Å². The molecule has 0 aliphatic heterocycles. The first kappa shape index (κ1) is 34.3. The van der Waals surface area contributed by atoms with Crippen molar-refractivity contribution in [1.82, 2.24) is 19.5 Å². The van der Waals surface area contributed by atoms with Crippen molar-refractivity contribution >= 4 is 43.7 Å². The molecular weight excluding hydrogens is 769 g/mol. The first-order valence-electron chi connectivity index (χ1n) is 21.4. The molecule has 3 heterocycles. The number of hydrogen-bond acceptors (Lipinski definition) is 4. The fourth-order valence-electron chi connectivity index (χ4n) is 10.9. The summed E-state index contributed by atoms with van der Waals surface area (Å²) in [7, 11) is 0. The SMILES string of the molecule is c1ccc(-c2nc(-c3ccccc3)nc(-c3ccc4c(c3)c3ccccc3n4-c3cccc4oc5cc6c(cc5c34)-c3ccccc3C63c4ccccc4-c4ccccc43)n2)cc1. The number of furan rings is 1. The van der Waals surface area contributed by atoms with Crippen molar-refractivity contribution in [2.75, 3.05) is 0 Å². The molecule has 5 nitrogen and oxygen atoms in total. The third kappa shape index (κ3) is 4.68. The van der Waals surface area contributed by atoms with Crippen LogP contribution in [0.15, 0.2) is 211 Å². The number of rotatable bonds is 4. The number of fused-ring (bicyclic) bond motifs is 16. The van der Waals surface area contributed by atoms with E-state index < -0.39 is 5.41 Å². The first-order valence-corrected chi connectivity index (χ1v) is 21.4. The lowest BCUT2D eigenvalue weighted by atomic mass is 9.70. The average Bonchev–Trinajstić information content (AvgIpc) is 4.07.